The fraction of sp³-hybridized carbons (Fsp3) is 0.257. The molecule has 1 unspecified atom stereocenters. The van der Waals surface area contributed by atoms with Crippen molar-refractivity contribution in [2.24, 2.45) is 0 Å². The van der Waals surface area contributed by atoms with E-state index < -0.39 is 28.5 Å². The summed E-state index contributed by atoms with van der Waals surface area (Å²) in [6.45, 7) is 3.81. The Morgan fingerprint density at radius 1 is 0.844 bits per heavy atom. The first-order valence-corrected chi connectivity index (χ1v) is 17.0. The molecule has 45 heavy (non-hydrogen) atoms. The minimum atomic E-state index is -4.29. The van der Waals surface area contributed by atoms with Gasteiger partial charge in [0, 0.05) is 24.5 Å². The smallest absolute Gasteiger partial charge is 0.264 e. The molecule has 0 saturated heterocycles. The maximum Gasteiger partial charge on any atom is 0.264 e. The fourth-order valence-corrected chi connectivity index (χ4v) is 6.73. The SMILES string of the molecule is CCCCNC(=O)C(Cc1ccccc1)N(Cc1ccccc1)C(=O)CN(c1cc(Cl)ccc1Cl)S(=O)(=O)c1ccc(C)cc1. The van der Waals surface area contributed by atoms with Crippen LogP contribution >= 0.6 is 23.2 Å². The van der Waals surface area contributed by atoms with E-state index in [0.717, 1.165) is 33.8 Å². The summed E-state index contributed by atoms with van der Waals surface area (Å²) in [6.07, 6.45) is 1.91. The first kappa shape index (κ1) is 34.0. The van der Waals surface area contributed by atoms with Crippen molar-refractivity contribution in [3.8, 4) is 0 Å². The van der Waals surface area contributed by atoms with E-state index in [1.807, 2.05) is 74.5 Å². The minimum Gasteiger partial charge on any atom is -0.354 e. The van der Waals surface area contributed by atoms with Crippen LogP contribution in [0.4, 0.5) is 5.69 Å². The van der Waals surface area contributed by atoms with Crippen LogP contribution < -0.4 is 9.62 Å². The van der Waals surface area contributed by atoms with Gasteiger partial charge in [0.25, 0.3) is 10.0 Å². The van der Waals surface area contributed by atoms with Gasteiger partial charge in [-0.2, -0.15) is 0 Å². The van der Waals surface area contributed by atoms with Crippen LogP contribution in [0.25, 0.3) is 0 Å². The summed E-state index contributed by atoms with van der Waals surface area (Å²) in [5, 5.41) is 3.35. The second-order valence-corrected chi connectivity index (χ2v) is 13.5. The molecule has 10 heteroatoms. The van der Waals surface area contributed by atoms with Gasteiger partial charge >= 0.3 is 0 Å². The standard InChI is InChI=1S/C35H37Cl2N3O4S/c1-3-4-21-38-35(42)33(22-27-11-7-5-8-12-27)39(24-28-13-9-6-10-14-28)34(41)25-40(32-23-29(36)17-20-31(32)37)45(43,44)30-18-15-26(2)16-19-30/h5-20,23,33H,3-4,21-22,24-25H2,1-2H3,(H,38,42). The highest BCUT2D eigenvalue weighted by Gasteiger charge is 2.35. The van der Waals surface area contributed by atoms with Crippen molar-refractivity contribution in [2.75, 3.05) is 17.4 Å². The van der Waals surface area contributed by atoms with Crippen LogP contribution in [0.1, 0.15) is 36.5 Å². The Bertz CT molecular complexity index is 1690. The van der Waals surface area contributed by atoms with Gasteiger partial charge in [0.2, 0.25) is 11.8 Å². The zero-order valence-corrected chi connectivity index (χ0v) is 27.7. The van der Waals surface area contributed by atoms with Crippen LogP contribution in [0.3, 0.4) is 0 Å². The van der Waals surface area contributed by atoms with Gasteiger partial charge in [-0.05, 0) is 54.8 Å². The summed E-state index contributed by atoms with van der Waals surface area (Å²) < 4.78 is 29.3. The van der Waals surface area contributed by atoms with E-state index in [1.165, 1.54) is 29.2 Å². The van der Waals surface area contributed by atoms with E-state index in [2.05, 4.69) is 5.32 Å². The molecule has 0 spiro atoms. The van der Waals surface area contributed by atoms with Crippen LogP contribution in [0.15, 0.2) is 108 Å². The highest BCUT2D eigenvalue weighted by molar-refractivity contribution is 7.92. The summed E-state index contributed by atoms with van der Waals surface area (Å²) in [5.74, 6) is -0.887. The van der Waals surface area contributed by atoms with Gasteiger partial charge in [0.05, 0.1) is 15.6 Å². The van der Waals surface area contributed by atoms with Crippen molar-refractivity contribution < 1.29 is 18.0 Å². The van der Waals surface area contributed by atoms with Crippen molar-refractivity contribution >= 4 is 50.7 Å². The number of nitrogens with zero attached hydrogens (tertiary/aromatic N) is 2. The van der Waals surface area contributed by atoms with Gasteiger partial charge in [0.1, 0.15) is 12.6 Å². The van der Waals surface area contributed by atoms with Gasteiger partial charge in [-0.1, -0.05) is 115 Å². The third-order valence-electron chi connectivity index (χ3n) is 7.36. The van der Waals surface area contributed by atoms with Crippen molar-refractivity contribution in [2.45, 2.75) is 50.6 Å². The zero-order chi connectivity index (χ0) is 32.4. The first-order valence-electron chi connectivity index (χ1n) is 14.8. The van der Waals surface area contributed by atoms with E-state index >= 15 is 0 Å². The number of sulfonamides is 1. The van der Waals surface area contributed by atoms with Crippen molar-refractivity contribution in [3.05, 3.63) is 130 Å². The Morgan fingerprint density at radius 2 is 1.47 bits per heavy atom. The second kappa shape index (κ2) is 15.9. The molecule has 0 heterocycles. The molecule has 7 nitrogen and oxygen atoms in total. The summed E-state index contributed by atoms with van der Waals surface area (Å²) in [4.78, 5) is 29.7. The molecule has 0 aliphatic heterocycles. The van der Waals surface area contributed by atoms with E-state index in [9.17, 15) is 18.0 Å². The number of anilines is 1. The summed E-state index contributed by atoms with van der Waals surface area (Å²) in [7, 11) is -4.29. The van der Waals surface area contributed by atoms with Crippen molar-refractivity contribution in [3.63, 3.8) is 0 Å². The molecular weight excluding hydrogens is 629 g/mol. The molecule has 0 bridgehead atoms. The molecule has 4 rings (SSSR count). The van der Waals surface area contributed by atoms with Crippen LogP contribution in [-0.2, 0) is 32.6 Å². The predicted octanol–water partition coefficient (Wildman–Crippen LogP) is 7.05. The number of carbonyl (C=O) groups is 2. The van der Waals surface area contributed by atoms with Crippen molar-refractivity contribution in [1.29, 1.82) is 0 Å². The second-order valence-electron chi connectivity index (χ2n) is 10.8. The number of halogens is 2. The molecule has 0 fully saturated rings. The van der Waals surface area contributed by atoms with Crippen molar-refractivity contribution in [1.82, 2.24) is 10.2 Å². The molecule has 4 aromatic carbocycles. The third-order valence-corrected chi connectivity index (χ3v) is 9.69. The monoisotopic (exact) mass is 665 g/mol. The number of rotatable bonds is 14. The number of aryl methyl sites for hydroxylation is 1. The highest BCUT2D eigenvalue weighted by atomic mass is 35.5. The zero-order valence-electron chi connectivity index (χ0n) is 25.3. The number of unbranched alkanes of at least 4 members (excludes halogenated alkanes) is 1. The van der Waals surface area contributed by atoms with E-state index in [0.29, 0.717) is 6.54 Å². The van der Waals surface area contributed by atoms with Crippen LogP contribution in [-0.4, -0.2) is 44.3 Å². The quantitative estimate of drug-likeness (QED) is 0.146. The Hall–Kier alpha value is -3.85. The first-order chi connectivity index (χ1) is 21.6. The topological polar surface area (TPSA) is 86.8 Å². The largest absolute Gasteiger partial charge is 0.354 e. The average molecular weight is 667 g/mol. The molecule has 236 valence electrons. The van der Waals surface area contributed by atoms with Gasteiger partial charge in [0.15, 0.2) is 0 Å². The molecule has 1 atom stereocenters. The molecule has 2 amide bonds. The Morgan fingerprint density at radius 3 is 2.09 bits per heavy atom. The number of hydrogen-bond donors (Lipinski definition) is 1. The van der Waals surface area contributed by atoms with Crippen LogP contribution in [0.5, 0.6) is 0 Å². The Labute approximate surface area is 275 Å². The van der Waals surface area contributed by atoms with Gasteiger partial charge in [-0.15, -0.1) is 0 Å². The molecule has 4 aromatic rings. The number of hydrogen-bond acceptors (Lipinski definition) is 4. The lowest BCUT2D eigenvalue weighted by molar-refractivity contribution is -0.140. The lowest BCUT2D eigenvalue weighted by Crippen LogP contribution is -2.53. The number of benzene rings is 4. The molecule has 0 aromatic heterocycles. The van der Waals surface area contributed by atoms with Gasteiger partial charge < -0.3 is 10.2 Å². The molecule has 1 N–H and O–H groups in total. The molecular formula is C35H37Cl2N3O4S. The van der Waals surface area contributed by atoms with E-state index in [-0.39, 0.29) is 39.5 Å². The van der Waals surface area contributed by atoms with Crippen LogP contribution in [0.2, 0.25) is 10.0 Å². The van der Waals surface area contributed by atoms with Gasteiger partial charge in [-0.25, -0.2) is 8.42 Å². The van der Waals surface area contributed by atoms with Crippen LogP contribution in [0, 0.1) is 6.92 Å². The lowest BCUT2D eigenvalue weighted by Gasteiger charge is -2.34. The molecule has 0 aliphatic rings. The minimum absolute atomic E-state index is 0.00954. The maximum absolute atomic E-state index is 14.5. The molecule has 0 aliphatic carbocycles. The average Bonchev–Trinajstić information content (AvgIpc) is 3.04. The van der Waals surface area contributed by atoms with E-state index in [1.54, 1.807) is 18.2 Å². The molecule has 0 radical (unpaired) electrons. The Balaban J connectivity index is 1.80. The highest BCUT2D eigenvalue weighted by Crippen LogP contribution is 2.33. The van der Waals surface area contributed by atoms with Gasteiger partial charge in [-0.3, -0.25) is 13.9 Å². The third kappa shape index (κ3) is 9.10. The predicted molar refractivity (Wildman–Crippen MR) is 181 cm³/mol. The Kier molecular flexibility index (Phi) is 12.0. The number of carbonyl (C=O) groups excluding carboxylic acids is 2. The summed E-state index contributed by atoms with van der Waals surface area (Å²) >= 11 is 12.8. The lowest BCUT2D eigenvalue weighted by atomic mass is 10.0. The summed E-state index contributed by atoms with van der Waals surface area (Å²) in [6, 6.07) is 28.6. The normalized spacial score (nSPS) is 11.9. The van der Waals surface area contributed by atoms with E-state index in [4.69, 9.17) is 23.2 Å². The number of nitrogens with one attached hydrogen (secondary N) is 1. The maximum atomic E-state index is 14.5. The fourth-order valence-electron chi connectivity index (χ4n) is 4.87. The summed E-state index contributed by atoms with van der Waals surface area (Å²) in [5.41, 5.74) is 2.59. The molecule has 0 saturated carbocycles. The number of amides is 2.